The lowest BCUT2D eigenvalue weighted by Crippen LogP contribution is -2.46. The van der Waals surface area contributed by atoms with Crippen molar-refractivity contribution < 1.29 is 18.4 Å². The van der Waals surface area contributed by atoms with E-state index in [1.54, 1.807) is 13.0 Å². The van der Waals surface area contributed by atoms with Crippen molar-refractivity contribution in [1.29, 1.82) is 0 Å². The minimum Gasteiger partial charge on any atom is -0.350 e. The van der Waals surface area contributed by atoms with E-state index in [1.165, 1.54) is 28.3 Å². The lowest BCUT2D eigenvalue weighted by molar-refractivity contribution is -0.120. The number of benzene rings is 2. The number of piperidine rings is 2. The van der Waals surface area contributed by atoms with Crippen LogP contribution in [0.2, 0.25) is 0 Å². The molecule has 0 aliphatic carbocycles. The van der Waals surface area contributed by atoms with Crippen molar-refractivity contribution in [1.82, 2.24) is 15.1 Å². The molecule has 0 bridgehead atoms. The van der Waals surface area contributed by atoms with Crippen molar-refractivity contribution >= 4 is 12.3 Å². The van der Waals surface area contributed by atoms with Crippen LogP contribution in [-0.2, 0) is 9.59 Å². The SMILES string of the molecule is CC(C)(C)N1CCCC(c2ccc(F)cc2F)C1.CCC(NC(C)=O)c1cc(C)c(C)cc1C1CCN(C=O)CC1. The minimum absolute atomic E-state index is 0.0109. The number of hydrogen-bond acceptors (Lipinski definition) is 3. The fraction of sp³-hybridized carbons (Fsp3) is 0.588. The normalized spacial score (nSPS) is 19.2. The molecule has 0 saturated carbocycles. The molecule has 4 rings (SSSR count). The Kier molecular flexibility index (Phi) is 11.5. The van der Waals surface area contributed by atoms with Crippen LogP contribution in [0.4, 0.5) is 8.78 Å². The number of carbonyl (C=O) groups is 2. The molecular weight excluding hydrogens is 520 g/mol. The summed E-state index contributed by atoms with van der Waals surface area (Å²) in [6, 6.07) is 8.53. The predicted octanol–water partition coefficient (Wildman–Crippen LogP) is 7.17. The first-order valence-corrected chi connectivity index (χ1v) is 15.1. The predicted molar refractivity (Wildman–Crippen MR) is 162 cm³/mol. The Morgan fingerprint density at radius 3 is 2.22 bits per heavy atom. The molecular formula is C34H49F2N3O2. The zero-order valence-corrected chi connectivity index (χ0v) is 26.0. The molecule has 7 heteroatoms. The van der Waals surface area contributed by atoms with E-state index in [0.29, 0.717) is 11.5 Å². The Morgan fingerprint density at radius 1 is 1.00 bits per heavy atom. The van der Waals surface area contributed by atoms with Crippen molar-refractivity contribution in [2.24, 2.45) is 0 Å². The molecule has 2 atom stereocenters. The van der Waals surface area contributed by atoms with Crippen molar-refractivity contribution in [3.8, 4) is 0 Å². The fourth-order valence-corrected chi connectivity index (χ4v) is 6.15. The van der Waals surface area contributed by atoms with Gasteiger partial charge in [0, 0.05) is 38.2 Å². The summed E-state index contributed by atoms with van der Waals surface area (Å²) in [5.41, 5.74) is 5.91. The Balaban J connectivity index is 0.000000232. The van der Waals surface area contributed by atoms with Crippen molar-refractivity contribution in [2.45, 2.75) is 104 Å². The van der Waals surface area contributed by atoms with Crippen molar-refractivity contribution in [3.63, 3.8) is 0 Å². The highest BCUT2D eigenvalue weighted by atomic mass is 19.1. The largest absolute Gasteiger partial charge is 0.350 e. The lowest BCUT2D eigenvalue weighted by Gasteiger charge is -2.41. The van der Waals surface area contributed by atoms with E-state index in [9.17, 15) is 18.4 Å². The van der Waals surface area contributed by atoms with Crippen LogP contribution in [0.5, 0.6) is 0 Å². The van der Waals surface area contributed by atoms with E-state index in [1.807, 2.05) is 4.90 Å². The minimum atomic E-state index is -0.500. The summed E-state index contributed by atoms with van der Waals surface area (Å²) >= 11 is 0. The molecule has 2 unspecified atom stereocenters. The maximum atomic E-state index is 13.8. The number of halogens is 2. The number of carbonyl (C=O) groups excluding carboxylic acids is 2. The molecule has 2 fully saturated rings. The van der Waals surface area contributed by atoms with Crippen LogP contribution in [-0.4, -0.2) is 53.8 Å². The second-order valence-corrected chi connectivity index (χ2v) is 12.8. The molecule has 2 aromatic carbocycles. The van der Waals surface area contributed by atoms with Gasteiger partial charge < -0.3 is 10.2 Å². The first-order chi connectivity index (χ1) is 19.3. The molecule has 226 valence electrons. The molecule has 2 heterocycles. The summed E-state index contributed by atoms with van der Waals surface area (Å²) in [7, 11) is 0. The van der Waals surface area contributed by atoms with Gasteiger partial charge in [-0.1, -0.05) is 25.1 Å². The maximum Gasteiger partial charge on any atom is 0.217 e. The van der Waals surface area contributed by atoms with E-state index in [-0.39, 0.29) is 23.4 Å². The van der Waals surface area contributed by atoms with E-state index in [2.05, 4.69) is 63.9 Å². The van der Waals surface area contributed by atoms with Gasteiger partial charge >= 0.3 is 0 Å². The number of rotatable bonds is 6. The smallest absolute Gasteiger partial charge is 0.217 e. The zero-order chi connectivity index (χ0) is 30.3. The van der Waals surface area contributed by atoms with Gasteiger partial charge in [0.25, 0.3) is 0 Å². The summed E-state index contributed by atoms with van der Waals surface area (Å²) in [5, 5.41) is 3.09. The summed E-state index contributed by atoms with van der Waals surface area (Å²) in [5.74, 6) is -0.255. The highest BCUT2D eigenvalue weighted by molar-refractivity contribution is 5.73. The third-order valence-corrected chi connectivity index (χ3v) is 8.75. The van der Waals surface area contributed by atoms with Crippen molar-refractivity contribution in [3.05, 3.63) is 69.8 Å². The Labute approximate surface area is 245 Å². The second-order valence-electron chi connectivity index (χ2n) is 12.8. The van der Waals surface area contributed by atoms with E-state index < -0.39 is 11.6 Å². The van der Waals surface area contributed by atoms with Crippen LogP contribution in [0.1, 0.15) is 112 Å². The topological polar surface area (TPSA) is 52.7 Å². The summed E-state index contributed by atoms with van der Waals surface area (Å²) in [6.45, 7) is 18.0. The number of nitrogens with zero attached hydrogens (tertiary/aromatic N) is 2. The van der Waals surface area contributed by atoms with Crippen LogP contribution in [0.15, 0.2) is 30.3 Å². The van der Waals surface area contributed by atoms with Gasteiger partial charge in [0.2, 0.25) is 12.3 Å². The monoisotopic (exact) mass is 569 g/mol. The van der Waals surface area contributed by atoms with Crippen LogP contribution in [0.25, 0.3) is 0 Å². The van der Waals surface area contributed by atoms with Crippen molar-refractivity contribution in [2.75, 3.05) is 26.2 Å². The zero-order valence-electron chi connectivity index (χ0n) is 26.0. The van der Waals surface area contributed by atoms with Gasteiger partial charge in [-0.05, 0) is 119 Å². The standard InChI is InChI=1S/C19H28N2O2.C15H21F2N/c1-5-19(20-15(4)23)18-11-14(3)13(2)10-17(18)16-6-8-21(12-22)9-7-16;1-15(2,3)18-8-4-5-11(10-18)13-7-6-12(16)9-14(13)17/h10-12,16,19H,5-9H2,1-4H3,(H,20,23);6-7,9,11H,4-5,8,10H2,1-3H3. The van der Waals surface area contributed by atoms with E-state index in [0.717, 1.165) is 70.8 Å². The van der Waals surface area contributed by atoms with Crippen LogP contribution in [0.3, 0.4) is 0 Å². The third-order valence-electron chi connectivity index (χ3n) is 8.75. The first-order valence-electron chi connectivity index (χ1n) is 15.1. The first kappa shape index (κ1) is 32.7. The van der Waals surface area contributed by atoms with Crippen LogP contribution >= 0.6 is 0 Å². The average Bonchev–Trinajstić information content (AvgIpc) is 2.93. The number of likely N-dealkylation sites (tertiary alicyclic amines) is 2. The maximum absolute atomic E-state index is 13.8. The highest BCUT2D eigenvalue weighted by Crippen LogP contribution is 2.36. The van der Waals surface area contributed by atoms with Gasteiger partial charge in [-0.25, -0.2) is 8.78 Å². The number of amides is 2. The Morgan fingerprint density at radius 2 is 1.66 bits per heavy atom. The van der Waals surface area contributed by atoms with Crippen LogP contribution in [0, 0.1) is 25.5 Å². The highest BCUT2D eigenvalue weighted by Gasteiger charge is 2.30. The van der Waals surface area contributed by atoms with E-state index in [4.69, 9.17) is 0 Å². The van der Waals surface area contributed by atoms with Gasteiger partial charge in [0.1, 0.15) is 11.6 Å². The molecule has 2 saturated heterocycles. The molecule has 0 spiro atoms. The third kappa shape index (κ3) is 8.84. The molecule has 2 amide bonds. The molecule has 1 N–H and O–H groups in total. The lowest BCUT2D eigenvalue weighted by atomic mass is 9.82. The van der Waals surface area contributed by atoms with Gasteiger partial charge in [-0.15, -0.1) is 0 Å². The molecule has 0 aromatic heterocycles. The van der Waals surface area contributed by atoms with Gasteiger partial charge in [0.15, 0.2) is 0 Å². The number of hydrogen-bond donors (Lipinski definition) is 1. The molecule has 2 aliphatic rings. The second kappa shape index (κ2) is 14.4. The van der Waals surface area contributed by atoms with E-state index >= 15 is 0 Å². The average molecular weight is 570 g/mol. The Hall–Kier alpha value is -2.80. The molecule has 41 heavy (non-hydrogen) atoms. The van der Waals surface area contributed by atoms with Crippen LogP contribution < -0.4 is 5.32 Å². The van der Waals surface area contributed by atoms with Gasteiger partial charge in [0.05, 0.1) is 6.04 Å². The fourth-order valence-electron chi connectivity index (χ4n) is 6.15. The van der Waals surface area contributed by atoms with Gasteiger partial charge in [-0.3, -0.25) is 14.5 Å². The summed E-state index contributed by atoms with van der Waals surface area (Å²) in [4.78, 5) is 26.7. The summed E-state index contributed by atoms with van der Waals surface area (Å²) < 4.78 is 26.7. The summed E-state index contributed by atoms with van der Waals surface area (Å²) in [6.07, 6.45) is 5.86. The number of aryl methyl sites for hydroxylation is 2. The quantitative estimate of drug-likeness (QED) is 0.375. The molecule has 2 aromatic rings. The molecule has 2 aliphatic heterocycles. The van der Waals surface area contributed by atoms with Gasteiger partial charge in [-0.2, -0.15) is 0 Å². The molecule has 0 radical (unpaired) electrons. The Bertz CT molecular complexity index is 1190. The molecule has 5 nitrogen and oxygen atoms in total. The number of nitrogens with one attached hydrogen (secondary N) is 1.